The van der Waals surface area contributed by atoms with Gasteiger partial charge in [-0.05, 0) is 13.0 Å². The van der Waals surface area contributed by atoms with E-state index in [1.54, 1.807) is 14.2 Å². The lowest BCUT2D eigenvalue weighted by molar-refractivity contribution is 0.306. The number of hydrogen-bond donors (Lipinski definition) is 1. The van der Waals surface area contributed by atoms with Gasteiger partial charge in [0.05, 0.1) is 25.6 Å². The molecule has 1 aromatic carbocycles. The quantitative estimate of drug-likeness (QED) is 0.888. The van der Waals surface area contributed by atoms with Crippen LogP contribution in [0.2, 0.25) is 0 Å². The average Bonchev–Trinajstić information content (AvgIpc) is 2.65. The maximum absolute atomic E-state index is 5.45. The molecule has 2 aromatic rings. The van der Waals surface area contributed by atoms with Gasteiger partial charge in [-0.2, -0.15) is 0 Å². The predicted octanol–water partition coefficient (Wildman–Crippen LogP) is 1.77. The van der Waals surface area contributed by atoms with Gasteiger partial charge < -0.3 is 24.6 Å². The molecule has 1 fully saturated rings. The number of nitrogens with zero attached hydrogens (tertiary/aromatic N) is 4. The summed E-state index contributed by atoms with van der Waals surface area (Å²) in [5, 5.41) is 4.09. The van der Waals surface area contributed by atoms with Crippen molar-refractivity contribution in [1.82, 2.24) is 20.2 Å². The zero-order valence-corrected chi connectivity index (χ0v) is 15.3. The summed E-state index contributed by atoms with van der Waals surface area (Å²) in [6.07, 6.45) is 0. The molecule has 7 nitrogen and oxygen atoms in total. The number of piperazine rings is 1. The van der Waals surface area contributed by atoms with E-state index in [0.717, 1.165) is 54.5 Å². The minimum Gasteiger partial charge on any atom is -0.493 e. The Morgan fingerprint density at radius 1 is 1.08 bits per heavy atom. The first-order valence-electron chi connectivity index (χ1n) is 8.34. The Bertz CT molecular complexity index is 785. The smallest absolute Gasteiger partial charge is 0.162 e. The zero-order chi connectivity index (χ0) is 18.0. The van der Waals surface area contributed by atoms with Gasteiger partial charge in [0.15, 0.2) is 11.5 Å². The largest absolute Gasteiger partial charge is 0.493 e. The fourth-order valence-corrected chi connectivity index (χ4v) is 3.14. The predicted molar refractivity (Wildman–Crippen MR) is 99.4 cm³/mol. The molecule has 1 N–H and O–H groups in total. The van der Waals surface area contributed by atoms with Gasteiger partial charge >= 0.3 is 0 Å². The molecule has 0 unspecified atom stereocenters. The maximum atomic E-state index is 5.45. The van der Waals surface area contributed by atoms with E-state index in [-0.39, 0.29) is 0 Å². The van der Waals surface area contributed by atoms with Crippen LogP contribution in [0.5, 0.6) is 11.5 Å². The highest BCUT2D eigenvalue weighted by atomic mass is 16.5. The second-order valence-corrected chi connectivity index (χ2v) is 5.99. The summed E-state index contributed by atoms with van der Waals surface area (Å²) < 4.78 is 10.9. The second-order valence-electron chi connectivity index (χ2n) is 5.99. The molecule has 3 rings (SSSR count). The third-order valence-corrected chi connectivity index (χ3v) is 4.54. The van der Waals surface area contributed by atoms with Gasteiger partial charge in [0.25, 0.3) is 0 Å². The number of aromatic nitrogens is 2. The molecule has 0 aliphatic carbocycles. The fourth-order valence-electron chi connectivity index (χ4n) is 3.14. The van der Waals surface area contributed by atoms with E-state index in [2.05, 4.69) is 26.7 Å². The summed E-state index contributed by atoms with van der Waals surface area (Å²) in [6, 6.07) is 3.87. The first kappa shape index (κ1) is 17.1. The first-order chi connectivity index (χ1) is 12.1. The Morgan fingerprint density at radius 2 is 1.72 bits per heavy atom. The van der Waals surface area contributed by atoms with Crippen molar-refractivity contribution in [2.75, 3.05) is 52.3 Å². The van der Waals surface area contributed by atoms with Crippen LogP contribution in [0, 0.1) is 6.92 Å². The van der Waals surface area contributed by atoms with Crippen LogP contribution in [-0.4, -0.2) is 62.3 Å². The molecule has 0 bridgehead atoms. The molecule has 25 heavy (non-hydrogen) atoms. The van der Waals surface area contributed by atoms with E-state index in [1.165, 1.54) is 0 Å². The summed E-state index contributed by atoms with van der Waals surface area (Å²) in [4.78, 5) is 13.8. The van der Waals surface area contributed by atoms with Crippen LogP contribution in [0.25, 0.3) is 10.9 Å². The highest BCUT2D eigenvalue weighted by Crippen LogP contribution is 2.35. The van der Waals surface area contributed by atoms with Crippen molar-refractivity contribution in [2.45, 2.75) is 6.92 Å². The second kappa shape index (κ2) is 7.04. The number of rotatable bonds is 5. The van der Waals surface area contributed by atoms with E-state index >= 15 is 0 Å². The van der Waals surface area contributed by atoms with Gasteiger partial charge in [-0.3, -0.25) is 0 Å². The standard InChI is InChI=1S/C18H25N5O2/c1-12-20-15-11-17(25-5)16(24-4)10-14(15)18(21-12)23-8-6-22(7-9-23)13(2)19-3/h10-11,19H,2,6-9H2,1,3-5H3. The molecule has 2 heterocycles. The summed E-state index contributed by atoms with van der Waals surface area (Å²) in [5.41, 5.74) is 0.863. The Hall–Kier alpha value is -2.70. The third kappa shape index (κ3) is 3.26. The van der Waals surface area contributed by atoms with E-state index < -0.39 is 0 Å². The van der Waals surface area contributed by atoms with Gasteiger partial charge in [0, 0.05) is 44.7 Å². The van der Waals surface area contributed by atoms with Crippen LogP contribution in [0.3, 0.4) is 0 Å². The highest BCUT2D eigenvalue weighted by Gasteiger charge is 2.22. The number of ether oxygens (including phenoxy) is 2. The Morgan fingerprint density at radius 3 is 2.32 bits per heavy atom. The summed E-state index contributed by atoms with van der Waals surface area (Å²) in [5.74, 6) is 4.00. The van der Waals surface area contributed by atoms with Gasteiger partial charge in [-0.25, -0.2) is 9.97 Å². The van der Waals surface area contributed by atoms with Crippen LogP contribution in [0.4, 0.5) is 5.82 Å². The summed E-state index contributed by atoms with van der Waals surface area (Å²) in [7, 11) is 5.17. The van der Waals surface area contributed by atoms with Crippen molar-refractivity contribution in [2.24, 2.45) is 0 Å². The zero-order valence-electron chi connectivity index (χ0n) is 15.3. The number of hydrogen-bond acceptors (Lipinski definition) is 7. The number of fused-ring (bicyclic) bond motifs is 1. The van der Waals surface area contributed by atoms with Crippen LogP contribution < -0.4 is 19.7 Å². The van der Waals surface area contributed by atoms with Crippen molar-refractivity contribution in [3.8, 4) is 11.5 Å². The fraction of sp³-hybridized carbons (Fsp3) is 0.444. The summed E-state index contributed by atoms with van der Waals surface area (Å²) >= 11 is 0. The third-order valence-electron chi connectivity index (χ3n) is 4.54. The van der Waals surface area contributed by atoms with E-state index in [0.29, 0.717) is 11.5 Å². The van der Waals surface area contributed by atoms with Crippen molar-refractivity contribution in [3.63, 3.8) is 0 Å². The molecule has 1 aliphatic heterocycles. The van der Waals surface area contributed by atoms with Crippen molar-refractivity contribution < 1.29 is 9.47 Å². The lowest BCUT2D eigenvalue weighted by Crippen LogP contribution is -2.47. The Balaban J connectivity index is 1.97. The number of nitrogens with one attached hydrogen (secondary N) is 1. The molecule has 1 aromatic heterocycles. The minimum absolute atomic E-state index is 0.675. The molecule has 0 saturated carbocycles. The molecule has 7 heteroatoms. The van der Waals surface area contributed by atoms with Gasteiger partial charge in [0.2, 0.25) is 0 Å². The van der Waals surface area contributed by atoms with Crippen LogP contribution in [0.1, 0.15) is 5.82 Å². The topological polar surface area (TPSA) is 62.8 Å². The van der Waals surface area contributed by atoms with Crippen molar-refractivity contribution in [1.29, 1.82) is 0 Å². The molecule has 0 atom stereocenters. The minimum atomic E-state index is 0.675. The molecule has 1 saturated heterocycles. The number of benzene rings is 1. The molecular formula is C18H25N5O2. The van der Waals surface area contributed by atoms with Gasteiger partial charge in [0.1, 0.15) is 11.6 Å². The van der Waals surface area contributed by atoms with Crippen molar-refractivity contribution in [3.05, 3.63) is 30.4 Å². The normalized spacial score (nSPS) is 14.6. The van der Waals surface area contributed by atoms with E-state index in [9.17, 15) is 0 Å². The first-order valence-corrected chi connectivity index (χ1v) is 8.34. The molecule has 0 spiro atoms. The van der Waals surface area contributed by atoms with E-state index in [4.69, 9.17) is 14.5 Å². The Labute approximate surface area is 148 Å². The van der Waals surface area contributed by atoms with Crippen molar-refractivity contribution >= 4 is 16.7 Å². The SMILES string of the molecule is C=C(NC)N1CCN(c2nc(C)nc3cc(OC)c(OC)cc23)CC1. The van der Waals surface area contributed by atoms with E-state index in [1.807, 2.05) is 26.1 Å². The summed E-state index contributed by atoms with van der Waals surface area (Å²) in [6.45, 7) is 9.51. The molecule has 1 aliphatic rings. The van der Waals surface area contributed by atoms with Crippen LogP contribution in [0.15, 0.2) is 24.5 Å². The maximum Gasteiger partial charge on any atom is 0.162 e. The van der Waals surface area contributed by atoms with Gasteiger partial charge in [-0.15, -0.1) is 0 Å². The highest BCUT2D eigenvalue weighted by molar-refractivity contribution is 5.92. The monoisotopic (exact) mass is 343 g/mol. The van der Waals surface area contributed by atoms with Crippen LogP contribution >= 0.6 is 0 Å². The van der Waals surface area contributed by atoms with Gasteiger partial charge in [-0.1, -0.05) is 6.58 Å². The molecule has 0 radical (unpaired) electrons. The Kier molecular flexibility index (Phi) is 4.83. The average molecular weight is 343 g/mol. The number of aryl methyl sites for hydroxylation is 1. The number of anilines is 1. The molecule has 0 amide bonds. The lowest BCUT2D eigenvalue weighted by atomic mass is 10.1. The molecule has 134 valence electrons. The van der Waals surface area contributed by atoms with Crippen LogP contribution in [-0.2, 0) is 0 Å². The lowest BCUT2D eigenvalue weighted by Gasteiger charge is -2.37. The molecular weight excluding hydrogens is 318 g/mol. The number of methoxy groups -OCH3 is 2.